The van der Waals surface area contributed by atoms with Gasteiger partial charge >= 0.3 is 0 Å². The lowest BCUT2D eigenvalue weighted by atomic mass is 9.47. The first-order chi connectivity index (χ1) is 8.29. The Hall–Kier alpha value is -1.58. The van der Waals surface area contributed by atoms with Gasteiger partial charge in [0.1, 0.15) is 23.0 Å². The van der Waals surface area contributed by atoms with E-state index in [0.29, 0.717) is 11.5 Å². The summed E-state index contributed by atoms with van der Waals surface area (Å²) < 4.78 is 11.6. The fraction of sp³-hybridized carbons (Fsp3) is 0.571. The second-order valence-corrected chi connectivity index (χ2v) is 5.75. The minimum atomic E-state index is -0.765. The highest BCUT2D eigenvalue weighted by Crippen LogP contribution is 2.61. The van der Waals surface area contributed by atoms with Crippen LogP contribution in [0.4, 0.5) is 0 Å². The van der Waals surface area contributed by atoms with Gasteiger partial charge in [0, 0.05) is 12.2 Å². The van der Waals surface area contributed by atoms with Gasteiger partial charge in [0.2, 0.25) is 0 Å². The van der Waals surface area contributed by atoms with Crippen LogP contribution in [-0.2, 0) is 19.1 Å². The summed E-state index contributed by atoms with van der Waals surface area (Å²) in [5, 5.41) is 0. The van der Waals surface area contributed by atoms with Gasteiger partial charge in [-0.25, -0.2) is 0 Å². The van der Waals surface area contributed by atoms with Crippen molar-refractivity contribution >= 4 is 11.6 Å². The lowest BCUT2D eigenvalue weighted by Crippen LogP contribution is -2.78. The summed E-state index contributed by atoms with van der Waals surface area (Å²) in [6, 6.07) is 0. The average Bonchev–Trinajstić information content (AvgIpc) is 2.10. The predicted molar refractivity (Wildman–Crippen MR) is 63.5 cm³/mol. The van der Waals surface area contributed by atoms with E-state index in [1.807, 2.05) is 13.8 Å². The first kappa shape index (κ1) is 11.5. The van der Waals surface area contributed by atoms with Gasteiger partial charge < -0.3 is 9.47 Å². The van der Waals surface area contributed by atoms with E-state index in [-0.39, 0.29) is 11.6 Å². The number of carbonyl (C=O) groups is 2. The summed E-state index contributed by atoms with van der Waals surface area (Å²) in [6.07, 6.45) is 2.99. The maximum atomic E-state index is 12.2. The molecule has 0 saturated heterocycles. The topological polar surface area (TPSA) is 52.6 Å². The maximum Gasteiger partial charge on any atom is 0.170 e. The molecule has 0 N–H and O–H groups in total. The zero-order chi connectivity index (χ0) is 13.3. The highest BCUT2D eigenvalue weighted by atomic mass is 16.5. The Morgan fingerprint density at radius 1 is 0.889 bits per heavy atom. The fourth-order valence-electron chi connectivity index (χ4n) is 4.06. The Bertz CT molecular complexity index is 470. The van der Waals surface area contributed by atoms with Crippen LogP contribution in [0, 0.1) is 11.8 Å². The Kier molecular flexibility index (Phi) is 1.95. The molecule has 0 unspecified atom stereocenters. The predicted octanol–water partition coefficient (Wildman–Crippen LogP) is 1.76. The van der Waals surface area contributed by atoms with Gasteiger partial charge in [-0.1, -0.05) is 0 Å². The molecule has 3 rings (SSSR count). The molecule has 0 spiro atoms. The van der Waals surface area contributed by atoms with Gasteiger partial charge in [-0.05, 0) is 27.7 Å². The number of hydrogen-bond donors (Lipinski definition) is 0. The molecule has 0 amide bonds. The molecule has 2 aliphatic heterocycles. The molecule has 4 heteroatoms. The van der Waals surface area contributed by atoms with E-state index in [9.17, 15) is 9.59 Å². The van der Waals surface area contributed by atoms with Crippen molar-refractivity contribution < 1.29 is 19.1 Å². The van der Waals surface area contributed by atoms with E-state index < -0.39 is 23.0 Å². The molecule has 18 heavy (non-hydrogen) atoms. The number of ketones is 2. The van der Waals surface area contributed by atoms with Crippen molar-refractivity contribution in [3.05, 3.63) is 23.7 Å². The van der Waals surface area contributed by atoms with Crippen molar-refractivity contribution in [2.24, 2.45) is 11.8 Å². The molecule has 1 aliphatic carbocycles. The molecule has 96 valence electrons. The van der Waals surface area contributed by atoms with Crippen LogP contribution in [0.1, 0.15) is 27.7 Å². The first-order valence-corrected chi connectivity index (χ1v) is 6.11. The molecule has 0 aromatic carbocycles. The third-order valence-electron chi connectivity index (χ3n) is 4.31. The van der Waals surface area contributed by atoms with Crippen LogP contribution in [0.25, 0.3) is 0 Å². The smallest absolute Gasteiger partial charge is 0.170 e. The Morgan fingerprint density at radius 3 is 1.56 bits per heavy atom. The van der Waals surface area contributed by atoms with E-state index >= 15 is 0 Å². The number of fused-ring (bicyclic) bond motifs is 4. The highest BCUT2D eigenvalue weighted by Gasteiger charge is 2.76. The van der Waals surface area contributed by atoms with Crippen LogP contribution in [0.3, 0.4) is 0 Å². The molecule has 0 radical (unpaired) electrons. The van der Waals surface area contributed by atoms with Crippen LogP contribution in [0.15, 0.2) is 23.7 Å². The third-order valence-corrected chi connectivity index (χ3v) is 4.31. The maximum absolute atomic E-state index is 12.2. The summed E-state index contributed by atoms with van der Waals surface area (Å²) >= 11 is 0. The standard InChI is InChI=1S/C14H16O4/c1-7-5-9(15)11-13(3,17-7)12-10(16)6-8(2)18-14(11,12)4/h5-6,11-12H,1-4H3. The molecular formula is C14H16O4. The SMILES string of the molecule is CC1=CC(=O)C2C(C)(O1)C1C(=O)C=C(C)OC21C. The second kappa shape index (κ2) is 3.05. The van der Waals surface area contributed by atoms with E-state index in [1.165, 1.54) is 12.2 Å². The number of ether oxygens (including phenoxy) is 2. The van der Waals surface area contributed by atoms with Crippen molar-refractivity contribution in [3.63, 3.8) is 0 Å². The van der Waals surface area contributed by atoms with Gasteiger partial charge in [-0.3, -0.25) is 9.59 Å². The number of rotatable bonds is 0. The first-order valence-electron chi connectivity index (χ1n) is 6.11. The average molecular weight is 248 g/mol. The molecule has 0 aromatic rings. The molecule has 0 aromatic heterocycles. The van der Waals surface area contributed by atoms with Crippen LogP contribution in [-0.4, -0.2) is 22.8 Å². The minimum Gasteiger partial charge on any atom is -0.490 e. The van der Waals surface area contributed by atoms with Crippen LogP contribution >= 0.6 is 0 Å². The summed E-state index contributed by atoms with van der Waals surface area (Å²) in [6.45, 7) is 7.14. The molecule has 1 fully saturated rings. The van der Waals surface area contributed by atoms with E-state index in [2.05, 4.69) is 0 Å². The Morgan fingerprint density at radius 2 is 1.22 bits per heavy atom. The lowest BCUT2D eigenvalue weighted by molar-refractivity contribution is -0.273. The van der Waals surface area contributed by atoms with Crippen LogP contribution < -0.4 is 0 Å². The van der Waals surface area contributed by atoms with Gasteiger partial charge in [-0.2, -0.15) is 0 Å². The van der Waals surface area contributed by atoms with Crippen LogP contribution in [0.2, 0.25) is 0 Å². The van der Waals surface area contributed by atoms with E-state index in [4.69, 9.17) is 9.47 Å². The van der Waals surface area contributed by atoms with Gasteiger partial charge in [-0.15, -0.1) is 0 Å². The number of carbonyl (C=O) groups excluding carboxylic acids is 2. The Balaban J connectivity index is 2.11. The molecule has 3 aliphatic rings. The Labute approximate surface area is 106 Å². The second-order valence-electron chi connectivity index (χ2n) is 5.75. The molecule has 4 nitrogen and oxygen atoms in total. The monoisotopic (exact) mass is 248 g/mol. The number of hydrogen-bond acceptors (Lipinski definition) is 4. The summed E-state index contributed by atoms with van der Waals surface area (Å²) in [4.78, 5) is 24.4. The lowest BCUT2D eigenvalue weighted by Gasteiger charge is -2.64. The third kappa shape index (κ3) is 1.11. The van der Waals surface area contributed by atoms with Crippen molar-refractivity contribution in [3.8, 4) is 0 Å². The quantitative estimate of drug-likeness (QED) is 0.655. The van der Waals surface area contributed by atoms with Gasteiger partial charge in [0.15, 0.2) is 11.6 Å². The van der Waals surface area contributed by atoms with Crippen molar-refractivity contribution in [1.82, 2.24) is 0 Å². The number of allylic oxidation sites excluding steroid dienone is 4. The normalized spacial score (nSPS) is 45.8. The largest absolute Gasteiger partial charge is 0.490 e. The minimum absolute atomic E-state index is 0.0116. The van der Waals surface area contributed by atoms with Gasteiger partial charge in [0.25, 0.3) is 0 Å². The molecular weight excluding hydrogens is 232 g/mol. The summed E-state index contributed by atoms with van der Waals surface area (Å²) in [5.74, 6) is 0.294. The molecule has 2 heterocycles. The van der Waals surface area contributed by atoms with Gasteiger partial charge in [0.05, 0.1) is 11.5 Å². The van der Waals surface area contributed by atoms with E-state index in [0.717, 1.165) is 0 Å². The fourth-order valence-corrected chi connectivity index (χ4v) is 4.06. The van der Waals surface area contributed by atoms with Crippen molar-refractivity contribution in [2.75, 3.05) is 0 Å². The molecule has 0 bridgehead atoms. The van der Waals surface area contributed by atoms with Crippen molar-refractivity contribution in [2.45, 2.75) is 38.9 Å². The summed E-state index contributed by atoms with van der Waals surface area (Å²) in [5.41, 5.74) is -1.53. The van der Waals surface area contributed by atoms with E-state index in [1.54, 1.807) is 13.8 Å². The van der Waals surface area contributed by atoms with Crippen LogP contribution in [0.5, 0.6) is 0 Å². The molecule has 1 saturated carbocycles. The molecule has 0 atom stereocenters. The zero-order valence-electron chi connectivity index (χ0n) is 10.9. The zero-order valence-corrected chi connectivity index (χ0v) is 10.9. The summed E-state index contributed by atoms with van der Waals surface area (Å²) in [7, 11) is 0. The van der Waals surface area contributed by atoms with Crippen molar-refractivity contribution in [1.29, 1.82) is 0 Å². The highest BCUT2D eigenvalue weighted by molar-refractivity contribution is 6.03.